The Morgan fingerprint density at radius 2 is 1.97 bits per heavy atom. The van der Waals surface area contributed by atoms with Crippen LogP contribution in [-0.4, -0.2) is 72.0 Å². The number of carboxylic acids is 1. The second-order valence-electron chi connectivity index (χ2n) is 8.51. The number of hydrogen-bond donors (Lipinski definition) is 3. The van der Waals surface area contributed by atoms with Gasteiger partial charge in [-0.05, 0) is 35.8 Å². The van der Waals surface area contributed by atoms with Crippen molar-refractivity contribution in [3.05, 3.63) is 41.0 Å². The summed E-state index contributed by atoms with van der Waals surface area (Å²) in [5.74, 6) is -2.33. The normalized spacial score (nSPS) is 15.3. The first kappa shape index (κ1) is 27.8. The summed E-state index contributed by atoms with van der Waals surface area (Å²) in [4.78, 5) is 33.5. The molecule has 1 atom stereocenters. The van der Waals surface area contributed by atoms with Gasteiger partial charge in [-0.2, -0.15) is 13.2 Å². The number of fused-ring (bicyclic) bond motifs is 1. The molecule has 206 valence electrons. The van der Waals surface area contributed by atoms with Gasteiger partial charge in [0.2, 0.25) is 0 Å². The lowest BCUT2D eigenvalue weighted by Gasteiger charge is -2.17. The average Bonchev–Trinajstić information content (AvgIpc) is 3.60. The van der Waals surface area contributed by atoms with Crippen LogP contribution in [0.5, 0.6) is 0 Å². The van der Waals surface area contributed by atoms with Gasteiger partial charge in [0.05, 0.1) is 16.8 Å². The summed E-state index contributed by atoms with van der Waals surface area (Å²) in [5, 5.41) is 15.3. The van der Waals surface area contributed by atoms with Gasteiger partial charge in [0, 0.05) is 42.5 Å². The van der Waals surface area contributed by atoms with Crippen molar-refractivity contribution in [2.24, 2.45) is 5.73 Å². The van der Waals surface area contributed by atoms with Crippen molar-refractivity contribution in [2.75, 3.05) is 18.8 Å². The number of imidazole rings is 1. The van der Waals surface area contributed by atoms with E-state index in [1.165, 1.54) is 0 Å². The number of amides is 1. The molecule has 0 radical (unpaired) electrons. The minimum Gasteiger partial charge on any atom is -0.475 e. The third-order valence-electron chi connectivity index (χ3n) is 5.89. The summed E-state index contributed by atoms with van der Waals surface area (Å²) < 4.78 is 38.4. The van der Waals surface area contributed by atoms with E-state index in [-0.39, 0.29) is 17.8 Å². The minimum atomic E-state index is -5.08. The molecule has 4 aromatic rings. The van der Waals surface area contributed by atoms with Crippen LogP contribution < -0.4 is 11.5 Å². The van der Waals surface area contributed by atoms with Gasteiger partial charge in [-0.1, -0.05) is 23.7 Å². The van der Waals surface area contributed by atoms with Crippen LogP contribution >= 0.6 is 11.6 Å². The van der Waals surface area contributed by atoms with Gasteiger partial charge in [-0.25, -0.2) is 14.4 Å². The summed E-state index contributed by atoms with van der Waals surface area (Å²) in [5.41, 5.74) is 15.3. The zero-order chi connectivity index (χ0) is 28.5. The van der Waals surface area contributed by atoms with Crippen LogP contribution in [0.15, 0.2) is 35.1 Å². The standard InChI is InChI=1S/C21H21ClN8O2.C2HF3O2/c1-2-30-18-14(21(31)29-7-6-13(23)10-29)9-25-15(11-4-3-5-12(22)8-11)16(18)26-20(30)17-19(24)28-32-27-17;3-2(4,5)1(6)7/h3-5,8-9,13H,2,6-7,10,23H2,1H3,(H2,24,28);(H,6,7). The molecule has 3 aromatic heterocycles. The summed E-state index contributed by atoms with van der Waals surface area (Å²) >= 11 is 6.22. The lowest BCUT2D eigenvalue weighted by molar-refractivity contribution is -0.192. The first-order chi connectivity index (χ1) is 18.4. The lowest BCUT2D eigenvalue weighted by atomic mass is 10.1. The number of carboxylic acid groups (broad SMARTS) is 1. The first-order valence-corrected chi connectivity index (χ1v) is 11.9. The van der Waals surface area contributed by atoms with Gasteiger partial charge in [-0.15, -0.1) is 0 Å². The van der Waals surface area contributed by atoms with Crippen molar-refractivity contribution in [2.45, 2.75) is 32.1 Å². The Morgan fingerprint density at radius 3 is 2.51 bits per heavy atom. The largest absolute Gasteiger partial charge is 0.490 e. The Balaban J connectivity index is 0.000000448. The molecule has 4 heterocycles. The molecule has 0 bridgehead atoms. The van der Waals surface area contributed by atoms with Gasteiger partial charge in [0.25, 0.3) is 5.91 Å². The Morgan fingerprint density at radius 1 is 1.26 bits per heavy atom. The monoisotopic (exact) mass is 566 g/mol. The molecule has 16 heteroatoms. The molecule has 1 aliphatic rings. The Hall–Kier alpha value is -4.24. The number of nitrogens with zero attached hydrogens (tertiary/aromatic N) is 6. The minimum absolute atomic E-state index is 0.0271. The number of nitrogens with two attached hydrogens (primary N) is 2. The highest BCUT2D eigenvalue weighted by Gasteiger charge is 2.38. The maximum absolute atomic E-state index is 13.4. The number of nitrogen functional groups attached to an aromatic ring is 1. The van der Waals surface area contributed by atoms with Gasteiger partial charge in [-0.3, -0.25) is 9.78 Å². The Labute approximate surface area is 223 Å². The van der Waals surface area contributed by atoms with Crippen LogP contribution in [0.2, 0.25) is 5.02 Å². The molecule has 1 unspecified atom stereocenters. The van der Waals surface area contributed by atoms with Crippen molar-refractivity contribution >= 4 is 40.3 Å². The number of pyridine rings is 1. The van der Waals surface area contributed by atoms with Gasteiger partial charge in [0.15, 0.2) is 17.3 Å². The molecule has 5 rings (SSSR count). The fourth-order valence-electron chi connectivity index (χ4n) is 4.13. The molecular formula is C23H22ClF3N8O4. The molecule has 1 aromatic carbocycles. The SMILES string of the molecule is CCn1c(-c2nonc2N)nc2c(-c3cccc(Cl)c3)ncc(C(=O)N3CCC(N)C3)c21.O=C(O)C(F)(F)F. The molecule has 0 saturated carbocycles. The number of carbonyl (C=O) groups excluding carboxylic acids is 1. The fraction of sp³-hybridized carbons (Fsp3) is 0.304. The first-order valence-electron chi connectivity index (χ1n) is 11.5. The van der Waals surface area contributed by atoms with E-state index in [1.807, 2.05) is 23.6 Å². The number of benzene rings is 1. The van der Waals surface area contributed by atoms with Crippen LogP contribution in [0, 0.1) is 0 Å². The highest BCUT2D eigenvalue weighted by atomic mass is 35.5. The number of likely N-dealkylation sites (tertiary alicyclic amines) is 1. The summed E-state index contributed by atoms with van der Waals surface area (Å²) in [6.07, 6.45) is -2.73. The molecule has 1 saturated heterocycles. The molecular weight excluding hydrogens is 545 g/mol. The highest BCUT2D eigenvalue weighted by molar-refractivity contribution is 6.30. The third kappa shape index (κ3) is 5.63. The van der Waals surface area contributed by atoms with Crippen molar-refractivity contribution in [3.63, 3.8) is 0 Å². The molecule has 1 fully saturated rings. The molecule has 0 aliphatic carbocycles. The van der Waals surface area contributed by atoms with E-state index < -0.39 is 12.1 Å². The second-order valence-corrected chi connectivity index (χ2v) is 8.95. The number of aromatic nitrogens is 5. The number of alkyl halides is 3. The van der Waals surface area contributed by atoms with E-state index in [1.54, 1.807) is 23.2 Å². The van der Waals surface area contributed by atoms with Crippen molar-refractivity contribution in [3.8, 4) is 22.8 Å². The zero-order valence-electron chi connectivity index (χ0n) is 20.3. The number of aryl methyl sites for hydroxylation is 1. The maximum atomic E-state index is 13.4. The summed E-state index contributed by atoms with van der Waals surface area (Å²) in [7, 11) is 0. The molecule has 12 nitrogen and oxygen atoms in total. The number of aliphatic carboxylic acids is 1. The van der Waals surface area contributed by atoms with Gasteiger partial charge in [0.1, 0.15) is 5.52 Å². The number of hydrogen-bond acceptors (Lipinski definition) is 9. The maximum Gasteiger partial charge on any atom is 0.490 e. The fourth-order valence-corrected chi connectivity index (χ4v) is 4.32. The average molecular weight is 567 g/mol. The van der Waals surface area contributed by atoms with E-state index >= 15 is 0 Å². The van der Waals surface area contributed by atoms with E-state index in [4.69, 9.17) is 42.6 Å². The number of anilines is 1. The van der Waals surface area contributed by atoms with Crippen LogP contribution in [0.25, 0.3) is 33.8 Å². The third-order valence-corrected chi connectivity index (χ3v) is 6.13. The van der Waals surface area contributed by atoms with E-state index in [0.29, 0.717) is 58.5 Å². The highest BCUT2D eigenvalue weighted by Crippen LogP contribution is 2.35. The summed E-state index contributed by atoms with van der Waals surface area (Å²) in [6, 6.07) is 7.30. The van der Waals surface area contributed by atoms with Crippen LogP contribution in [-0.2, 0) is 11.3 Å². The van der Waals surface area contributed by atoms with E-state index in [0.717, 1.165) is 12.0 Å². The zero-order valence-corrected chi connectivity index (χ0v) is 21.1. The van der Waals surface area contributed by atoms with Crippen molar-refractivity contribution < 1.29 is 32.5 Å². The molecule has 5 N–H and O–H groups in total. The van der Waals surface area contributed by atoms with Gasteiger partial charge >= 0.3 is 12.1 Å². The second kappa shape index (κ2) is 10.9. The molecule has 1 amide bonds. The summed E-state index contributed by atoms with van der Waals surface area (Å²) in [6.45, 7) is 3.57. The van der Waals surface area contributed by atoms with Gasteiger partial charge < -0.3 is 26.0 Å². The smallest absolute Gasteiger partial charge is 0.475 e. The van der Waals surface area contributed by atoms with E-state index in [2.05, 4.69) is 15.3 Å². The van der Waals surface area contributed by atoms with Crippen molar-refractivity contribution in [1.82, 2.24) is 29.7 Å². The Kier molecular flexibility index (Phi) is 7.74. The number of rotatable bonds is 4. The molecule has 0 spiro atoms. The quantitative estimate of drug-likeness (QED) is 0.332. The van der Waals surface area contributed by atoms with Crippen LogP contribution in [0.1, 0.15) is 23.7 Å². The molecule has 1 aliphatic heterocycles. The Bertz CT molecular complexity index is 1540. The lowest BCUT2D eigenvalue weighted by Crippen LogP contribution is -2.32. The topological polar surface area (TPSA) is 179 Å². The molecule has 39 heavy (non-hydrogen) atoms. The van der Waals surface area contributed by atoms with E-state index in [9.17, 15) is 18.0 Å². The number of carbonyl (C=O) groups is 2. The predicted octanol–water partition coefficient (Wildman–Crippen LogP) is 3.21. The van der Waals surface area contributed by atoms with Crippen LogP contribution in [0.4, 0.5) is 19.0 Å². The number of halogens is 4. The predicted molar refractivity (Wildman–Crippen MR) is 134 cm³/mol. The van der Waals surface area contributed by atoms with Crippen LogP contribution in [0.3, 0.4) is 0 Å². The van der Waals surface area contributed by atoms with Crippen molar-refractivity contribution in [1.29, 1.82) is 0 Å².